The van der Waals surface area contributed by atoms with Gasteiger partial charge in [0.25, 0.3) is 0 Å². The van der Waals surface area contributed by atoms with Crippen molar-refractivity contribution in [1.82, 2.24) is 0 Å². The van der Waals surface area contributed by atoms with E-state index in [4.69, 9.17) is 16.3 Å². The van der Waals surface area contributed by atoms with Gasteiger partial charge in [0.1, 0.15) is 5.75 Å². The molecular formula is C32H44ClN2O2S+. The molecule has 0 atom stereocenters. The molecule has 2 aromatic carbocycles. The number of nitrogens with one attached hydrogen (secondary N) is 1. The number of anilines is 1. The van der Waals surface area contributed by atoms with Gasteiger partial charge in [0.15, 0.2) is 12.7 Å². The van der Waals surface area contributed by atoms with Crippen LogP contribution in [0.1, 0.15) is 95.1 Å². The fourth-order valence-electron chi connectivity index (χ4n) is 4.60. The Labute approximate surface area is 238 Å². The zero-order chi connectivity index (χ0) is 26.8. The maximum absolute atomic E-state index is 12.8. The molecule has 0 aliphatic rings. The van der Waals surface area contributed by atoms with Crippen molar-refractivity contribution in [2.24, 2.45) is 0 Å². The van der Waals surface area contributed by atoms with Gasteiger partial charge in [-0.3, -0.25) is 4.79 Å². The number of rotatable bonds is 19. The summed E-state index contributed by atoms with van der Waals surface area (Å²) in [4.78, 5) is 12.8. The van der Waals surface area contributed by atoms with Crippen molar-refractivity contribution in [1.29, 1.82) is 0 Å². The molecule has 1 heterocycles. The minimum Gasteiger partial charge on any atom is -0.492 e. The molecule has 1 N–H and O–H groups in total. The highest BCUT2D eigenvalue weighted by molar-refractivity contribution is 7.07. The first-order chi connectivity index (χ1) is 18.7. The van der Waals surface area contributed by atoms with Gasteiger partial charge in [0.05, 0.1) is 29.1 Å². The first-order valence-electron chi connectivity index (χ1n) is 14.4. The fourth-order valence-corrected chi connectivity index (χ4v) is 5.37. The molecule has 206 valence electrons. The molecule has 0 radical (unpaired) electrons. The third-order valence-corrected chi connectivity index (χ3v) is 7.77. The SMILES string of the molecule is CCCCCCCCCCCCCCOc1cc(CC(=O)Nc2ccccc2C[n+]2ccsc2)ccc1Cl. The minimum absolute atomic E-state index is 0.0537. The van der Waals surface area contributed by atoms with Crippen LogP contribution >= 0.6 is 22.9 Å². The van der Waals surface area contributed by atoms with Crippen molar-refractivity contribution < 1.29 is 14.1 Å². The molecule has 0 saturated heterocycles. The lowest BCUT2D eigenvalue weighted by Crippen LogP contribution is -2.31. The van der Waals surface area contributed by atoms with E-state index in [1.54, 1.807) is 11.3 Å². The number of unbranched alkanes of at least 4 members (excludes halogenated alkanes) is 11. The molecule has 3 aromatic rings. The van der Waals surface area contributed by atoms with Gasteiger partial charge in [-0.05, 0) is 30.2 Å². The van der Waals surface area contributed by atoms with Crippen LogP contribution in [0.4, 0.5) is 5.69 Å². The largest absolute Gasteiger partial charge is 0.492 e. The smallest absolute Gasteiger partial charge is 0.228 e. The molecule has 0 fully saturated rings. The number of nitrogens with zero attached hydrogens (tertiary/aromatic N) is 1. The van der Waals surface area contributed by atoms with Gasteiger partial charge < -0.3 is 10.1 Å². The summed E-state index contributed by atoms with van der Waals surface area (Å²) in [6, 6.07) is 13.6. The topological polar surface area (TPSA) is 42.2 Å². The third-order valence-electron chi connectivity index (χ3n) is 6.79. The Bertz CT molecular complexity index is 1070. The normalized spacial score (nSPS) is 11.0. The van der Waals surface area contributed by atoms with E-state index in [9.17, 15) is 4.79 Å². The van der Waals surface area contributed by atoms with Gasteiger partial charge in [-0.2, -0.15) is 4.57 Å². The average molecular weight is 556 g/mol. The standard InChI is InChI=1S/C32H43ClN2O2S/c1-2-3-4-5-6-7-8-9-10-11-12-15-21-37-31-23-27(18-19-29(31)33)24-32(36)34-30-17-14-13-16-28(30)25-35-20-22-38-26-35/h13-14,16-20,22-23,26H,2-12,15,21,24-25H2,1H3/p+1. The second-order valence-corrected chi connectivity index (χ2v) is 11.2. The third kappa shape index (κ3) is 11.6. The Morgan fingerprint density at radius 1 is 0.921 bits per heavy atom. The van der Waals surface area contributed by atoms with Gasteiger partial charge >= 0.3 is 0 Å². The highest BCUT2D eigenvalue weighted by Gasteiger charge is 2.12. The van der Waals surface area contributed by atoms with E-state index in [0.717, 1.165) is 29.8 Å². The summed E-state index contributed by atoms with van der Waals surface area (Å²) in [7, 11) is 0. The van der Waals surface area contributed by atoms with E-state index in [2.05, 4.69) is 22.3 Å². The number of amides is 1. The first-order valence-corrected chi connectivity index (χ1v) is 15.7. The predicted molar refractivity (Wildman–Crippen MR) is 160 cm³/mol. The van der Waals surface area contributed by atoms with Gasteiger partial charge in [-0.1, -0.05) is 125 Å². The van der Waals surface area contributed by atoms with E-state index in [-0.39, 0.29) is 12.3 Å². The Hall–Kier alpha value is -2.37. The Balaban J connectivity index is 1.34. The molecule has 0 saturated carbocycles. The van der Waals surface area contributed by atoms with Crippen molar-refractivity contribution in [2.75, 3.05) is 11.9 Å². The molecule has 0 spiro atoms. The zero-order valence-corrected chi connectivity index (χ0v) is 24.5. The summed E-state index contributed by atoms with van der Waals surface area (Å²) in [6.07, 6.45) is 18.1. The molecule has 38 heavy (non-hydrogen) atoms. The van der Waals surface area contributed by atoms with Crippen LogP contribution in [0.15, 0.2) is 59.6 Å². The number of ether oxygens (including phenoxy) is 1. The van der Waals surface area contributed by atoms with Crippen LogP contribution in [-0.2, 0) is 17.8 Å². The lowest BCUT2D eigenvalue weighted by molar-refractivity contribution is -0.683. The number of thiazole rings is 1. The van der Waals surface area contributed by atoms with Crippen molar-refractivity contribution in [3.8, 4) is 5.75 Å². The quantitative estimate of drug-likeness (QED) is 0.118. The molecule has 4 nitrogen and oxygen atoms in total. The highest BCUT2D eigenvalue weighted by atomic mass is 35.5. The number of halogens is 1. The van der Waals surface area contributed by atoms with Crippen molar-refractivity contribution >= 4 is 34.5 Å². The molecule has 0 aliphatic carbocycles. The molecule has 1 aromatic heterocycles. The van der Waals surface area contributed by atoms with Crippen LogP contribution in [0.5, 0.6) is 5.75 Å². The van der Waals surface area contributed by atoms with Gasteiger partial charge in [-0.15, -0.1) is 0 Å². The van der Waals surface area contributed by atoms with E-state index in [0.29, 0.717) is 17.4 Å². The lowest BCUT2D eigenvalue weighted by atomic mass is 10.1. The minimum atomic E-state index is -0.0537. The van der Waals surface area contributed by atoms with Gasteiger partial charge in [0.2, 0.25) is 11.4 Å². The Morgan fingerprint density at radius 3 is 2.29 bits per heavy atom. The van der Waals surface area contributed by atoms with E-state index in [1.165, 1.54) is 70.6 Å². The fraction of sp³-hybridized carbons (Fsp3) is 0.500. The van der Waals surface area contributed by atoms with Gasteiger partial charge in [-0.25, -0.2) is 0 Å². The monoisotopic (exact) mass is 555 g/mol. The summed E-state index contributed by atoms with van der Waals surface area (Å²) in [5.74, 6) is 0.608. The first kappa shape index (κ1) is 30.2. The second-order valence-electron chi connectivity index (χ2n) is 10.1. The predicted octanol–water partition coefficient (Wildman–Crippen LogP) is 9.00. The number of benzene rings is 2. The maximum Gasteiger partial charge on any atom is 0.228 e. The van der Waals surface area contributed by atoms with Gasteiger partial charge in [0, 0.05) is 5.56 Å². The average Bonchev–Trinajstić information content (AvgIpc) is 3.43. The summed E-state index contributed by atoms with van der Waals surface area (Å²) < 4.78 is 8.09. The molecular weight excluding hydrogens is 512 g/mol. The molecule has 0 unspecified atom stereocenters. The van der Waals surface area contributed by atoms with Crippen LogP contribution in [0.3, 0.4) is 0 Å². The number of aromatic nitrogens is 1. The second kappa shape index (κ2) is 18.0. The van der Waals surface area contributed by atoms with Crippen molar-refractivity contribution in [3.05, 3.63) is 75.7 Å². The van der Waals surface area contributed by atoms with Crippen LogP contribution in [0.2, 0.25) is 5.02 Å². The summed E-state index contributed by atoms with van der Waals surface area (Å²) in [5.41, 5.74) is 4.87. The zero-order valence-electron chi connectivity index (χ0n) is 22.9. The maximum atomic E-state index is 12.8. The molecule has 1 amide bonds. The molecule has 0 bridgehead atoms. The number of hydrogen-bond donors (Lipinski definition) is 1. The number of carbonyl (C=O) groups excluding carboxylic acids is 1. The lowest BCUT2D eigenvalue weighted by Gasteiger charge is -2.11. The van der Waals surface area contributed by atoms with Crippen LogP contribution < -0.4 is 14.6 Å². The van der Waals surface area contributed by atoms with Crippen LogP contribution in [0.25, 0.3) is 0 Å². The molecule has 3 rings (SSSR count). The Morgan fingerprint density at radius 2 is 1.61 bits per heavy atom. The molecule has 0 aliphatic heterocycles. The van der Waals surface area contributed by atoms with E-state index < -0.39 is 0 Å². The number of para-hydroxylation sites is 1. The molecule has 6 heteroatoms. The van der Waals surface area contributed by atoms with Crippen LogP contribution in [-0.4, -0.2) is 12.5 Å². The van der Waals surface area contributed by atoms with Crippen molar-refractivity contribution in [2.45, 2.75) is 96.9 Å². The Kier molecular flexibility index (Phi) is 14.3. The highest BCUT2D eigenvalue weighted by Crippen LogP contribution is 2.26. The summed E-state index contributed by atoms with van der Waals surface area (Å²) in [5, 5.41) is 5.71. The van der Waals surface area contributed by atoms with Crippen LogP contribution in [0, 0.1) is 0 Å². The van der Waals surface area contributed by atoms with Crippen molar-refractivity contribution in [3.63, 3.8) is 0 Å². The number of carbonyl (C=O) groups is 1. The summed E-state index contributed by atoms with van der Waals surface area (Å²) in [6.45, 7) is 3.64. The number of hydrogen-bond acceptors (Lipinski definition) is 3. The summed E-state index contributed by atoms with van der Waals surface area (Å²) >= 11 is 8.03. The van der Waals surface area contributed by atoms with E-state index in [1.807, 2.05) is 54.0 Å². The van der Waals surface area contributed by atoms with E-state index >= 15 is 0 Å².